The second-order valence-electron chi connectivity index (χ2n) is 6.62. The smallest absolute Gasteiger partial charge is 0.338 e. The summed E-state index contributed by atoms with van der Waals surface area (Å²) in [4.78, 5) is 37.4. The molecule has 0 spiro atoms. The van der Waals surface area contributed by atoms with E-state index < -0.39 is 23.0 Å². The number of hydrogen-bond donors (Lipinski definition) is 1. The molecule has 2 amide bonds. The van der Waals surface area contributed by atoms with Crippen molar-refractivity contribution in [3.8, 4) is 5.75 Å². The van der Waals surface area contributed by atoms with Crippen LogP contribution in [0, 0.1) is 10.1 Å². The van der Waals surface area contributed by atoms with E-state index in [1.165, 1.54) is 30.1 Å². The Morgan fingerprint density at radius 2 is 2.00 bits per heavy atom. The monoisotopic (exact) mass is 445 g/mol. The number of carbonyl (C=O) groups is 2. The third-order valence-electron chi connectivity index (χ3n) is 4.66. The fraction of sp³-hybridized carbons (Fsp3) is 0.238. The van der Waals surface area contributed by atoms with Gasteiger partial charge in [0.25, 0.3) is 5.69 Å². The van der Waals surface area contributed by atoms with Crippen LogP contribution < -0.4 is 10.1 Å². The van der Waals surface area contributed by atoms with E-state index in [9.17, 15) is 19.7 Å². The zero-order valence-electron chi connectivity index (χ0n) is 16.8. The lowest BCUT2D eigenvalue weighted by molar-refractivity contribution is -0.384. The maximum absolute atomic E-state index is 12.9. The van der Waals surface area contributed by atoms with Crippen molar-refractivity contribution in [2.24, 2.45) is 0 Å². The Labute approximate surface area is 183 Å². The first-order chi connectivity index (χ1) is 14.8. The van der Waals surface area contributed by atoms with Gasteiger partial charge in [-0.2, -0.15) is 0 Å². The first kappa shape index (κ1) is 22.1. The number of likely N-dealkylation sites (N-methyl/N-ethyl adjacent to an activating group) is 1. The Morgan fingerprint density at radius 1 is 1.26 bits per heavy atom. The number of non-ortho nitro benzene ring substituents is 1. The van der Waals surface area contributed by atoms with Crippen molar-refractivity contribution >= 4 is 29.3 Å². The van der Waals surface area contributed by atoms with Crippen LogP contribution in [0.15, 0.2) is 59.8 Å². The first-order valence-corrected chi connectivity index (χ1v) is 9.76. The summed E-state index contributed by atoms with van der Waals surface area (Å²) >= 11 is 5.99. The average molecular weight is 446 g/mol. The molecular weight excluding hydrogens is 426 g/mol. The summed E-state index contributed by atoms with van der Waals surface area (Å²) in [6.07, 6.45) is 0. The number of hydrogen-bond acceptors (Lipinski definition) is 6. The van der Waals surface area contributed by atoms with Crippen LogP contribution in [0.5, 0.6) is 5.75 Å². The highest BCUT2D eigenvalue weighted by Crippen LogP contribution is 2.33. The molecular formula is C21H20ClN3O6. The minimum Gasteiger partial charge on any atom is -0.487 e. The molecule has 1 N–H and O–H groups in total. The van der Waals surface area contributed by atoms with Gasteiger partial charge < -0.3 is 14.8 Å². The highest BCUT2D eigenvalue weighted by Gasteiger charge is 2.37. The van der Waals surface area contributed by atoms with Crippen LogP contribution in [0.4, 0.5) is 10.5 Å². The highest BCUT2D eigenvalue weighted by atomic mass is 35.5. The van der Waals surface area contributed by atoms with E-state index in [1.54, 1.807) is 37.3 Å². The number of nitrogens with zero attached hydrogens (tertiary/aromatic N) is 2. The van der Waals surface area contributed by atoms with Crippen molar-refractivity contribution in [2.75, 3.05) is 20.3 Å². The summed E-state index contributed by atoms with van der Waals surface area (Å²) in [5, 5.41) is 14.4. The van der Waals surface area contributed by atoms with Crippen molar-refractivity contribution in [3.63, 3.8) is 0 Å². The minimum absolute atomic E-state index is 0.115. The van der Waals surface area contributed by atoms with Crippen LogP contribution in [-0.2, 0) is 9.53 Å². The predicted molar refractivity (Wildman–Crippen MR) is 113 cm³/mol. The standard InChI is InChI=1S/C21H20ClN3O6/c1-3-30-20(26)18-17(12-31-16-9-5-7-14(22)11-16)24(2)21(27)23-19(18)13-6-4-8-15(10-13)25(28)29/h4-11,19H,3,12H2,1-2H3,(H,23,27)/t19-/m1/s1. The van der Waals surface area contributed by atoms with E-state index in [4.69, 9.17) is 21.1 Å². The van der Waals surface area contributed by atoms with E-state index in [0.717, 1.165) is 0 Å². The molecule has 0 aliphatic carbocycles. The van der Waals surface area contributed by atoms with Gasteiger partial charge in [0, 0.05) is 24.2 Å². The molecule has 2 aromatic rings. The normalized spacial score (nSPS) is 16.0. The van der Waals surface area contributed by atoms with Crippen LogP contribution in [0.25, 0.3) is 0 Å². The third kappa shape index (κ3) is 4.95. The van der Waals surface area contributed by atoms with Gasteiger partial charge in [-0.25, -0.2) is 9.59 Å². The molecule has 1 aliphatic heterocycles. The number of nitro groups is 1. The summed E-state index contributed by atoms with van der Waals surface area (Å²) < 4.78 is 11.0. The van der Waals surface area contributed by atoms with Crippen LogP contribution in [0.2, 0.25) is 5.02 Å². The molecule has 9 nitrogen and oxygen atoms in total. The number of ether oxygens (including phenoxy) is 2. The Balaban J connectivity index is 2.06. The minimum atomic E-state index is -0.944. The van der Waals surface area contributed by atoms with Crippen molar-refractivity contribution in [3.05, 3.63) is 80.5 Å². The number of nitro benzene ring substituents is 1. The van der Waals surface area contributed by atoms with Crippen LogP contribution in [0.1, 0.15) is 18.5 Å². The fourth-order valence-corrected chi connectivity index (χ4v) is 3.34. The molecule has 1 atom stereocenters. The summed E-state index contributed by atoms with van der Waals surface area (Å²) in [6, 6.07) is 11.0. The summed E-state index contributed by atoms with van der Waals surface area (Å²) in [5.41, 5.74) is 0.620. The van der Waals surface area contributed by atoms with Crippen molar-refractivity contribution in [1.82, 2.24) is 10.2 Å². The zero-order chi connectivity index (χ0) is 22.5. The van der Waals surface area contributed by atoms with E-state index in [2.05, 4.69) is 5.32 Å². The van der Waals surface area contributed by atoms with E-state index in [0.29, 0.717) is 16.3 Å². The van der Waals surface area contributed by atoms with Crippen molar-refractivity contribution in [2.45, 2.75) is 13.0 Å². The summed E-state index contributed by atoms with van der Waals surface area (Å²) in [7, 11) is 1.49. The maximum atomic E-state index is 12.9. The second-order valence-corrected chi connectivity index (χ2v) is 7.06. The summed E-state index contributed by atoms with van der Waals surface area (Å²) in [5.74, 6) is -0.204. The van der Waals surface area contributed by atoms with Gasteiger partial charge in [-0.05, 0) is 30.7 Å². The second kappa shape index (κ2) is 9.48. The van der Waals surface area contributed by atoms with Gasteiger partial charge in [0.2, 0.25) is 0 Å². The lowest BCUT2D eigenvalue weighted by Gasteiger charge is -2.34. The molecule has 0 saturated carbocycles. The number of amides is 2. The number of halogens is 1. The molecule has 10 heteroatoms. The van der Waals surface area contributed by atoms with Gasteiger partial charge >= 0.3 is 12.0 Å². The SMILES string of the molecule is CCOC(=O)C1=C(COc2cccc(Cl)c2)N(C)C(=O)N[C@@H]1c1cccc([N+](=O)[O-])c1. The Hall–Kier alpha value is -3.59. The van der Waals surface area contributed by atoms with Gasteiger partial charge in [-0.3, -0.25) is 15.0 Å². The van der Waals surface area contributed by atoms with Gasteiger partial charge in [0.15, 0.2) is 0 Å². The molecule has 3 rings (SSSR count). The van der Waals surface area contributed by atoms with Gasteiger partial charge in [0.05, 0.1) is 28.8 Å². The molecule has 2 aromatic carbocycles. The van der Waals surface area contributed by atoms with Crippen molar-refractivity contribution in [1.29, 1.82) is 0 Å². The quantitative estimate of drug-likeness (QED) is 0.393. The fourth-order valence-electron chi connectivity index (χ4n) is 3.16. The number of benzene rings is 2. The lowest BCUT2D eigenvalue weighted by Crippen LogP contribution is -2.48. The maximum Gasteiger partial charge on any atom is 0.338 e. The molecule has 0 fully saturated rings. The number of rotatable bonds is 7. The highest BCUT2D eigenvalue weighted by molar-refractivity contribution is 6.30. The number of carbonyl (C=O) groups excluding carboxylic acids is 2. The molecule has 31 heavy (non-hydrogen) atoms. The molecule has 0 saturated heterocycles. The molecule has 0 bridgehead atoms. The molecule has 1 heterocycles. The van der Waals surface area contributed by atoms with Gasteiger partial charge in [-0.15, -0.1) is 0 Å². The largest absolute Gasteiger partial charge is 0.487 e. The number of nitrogens with one attached hydrogen (secondary N) is 1. The van der Waals surface area contributed by atoms with Crippen molar-refractivity contribution < 1.29 is 24.0 Å². The Bertz CT molecular complexity index is 1050. The zero-order valence-corrected chi connectivity index (χ0v) is 17.6. The molecule has 1 aliphatic rings. The number of urea groups is 1. The third-order valence-corrected chi connectivity index (χ3v) is 4.89. The van der Waals surface area contributed by atoms with Gasteiger partial charge in [-0.1, -0.05) is 29.8 Å². The Morgan fingerprint density at radius 3 is 2.68 bits per heavy atom. The van der Waals surface area contributed by atoms with E-state index in [-0.39, 0.29) is 30.2 Å². The molecule has 0 radical (unpaired) electrons. The first-order valence-electron chi connectivity index (χ1n) is 9.39. The lowest BCUT2D eigenvalue weighted by atomic mass is 9.94. The van der Waals surface area contributed by atoms with E-state index in [1.807, 2.05) is 0 Å². The average Bonchev–Trinajstić information content (AvgIpc) is 2.74. The van der Waals surface area contributed by atoms with Gasteiger partial charge in [0.1, 0.15) is 12.4 Å². The predicted octanol–water partition coefficient (Wildman–Crippen LogP) is 3.84. The van der Waals surface area contributed by atoms with Crippen LogP contribution in [0.3, 0.4) is 0 Å². The molecule has 0 unspecified atom stereocenters. The Kier molecular flexibility index (Phi) is 6.76. The topological polar surface area (TPSA) is 111 Å². The van der Waals surface area contributed by atoms with E-state index >= 15 is 0 Å². The van der Waals surface area contributed by atoms with Crippen LogP contribution >= 0.6 is 11.6 Å². The number of esters is 1. The molecule has 162 valence electrons. The summed E-state index contributed by atoms with van der Waals surface area (Å²) in [6.45, 7) is 1.65. The molecule has 0 aromatic heterocycles. The van der Waals surface area contributed by atoms with Crippen LogP contribution in [-0.4, -0.2) is 42.1 Å².